The highest BCUT2D eigenvalue weighted by Crippen LogP contribution is 2.20. The first-order chi connectivity index (χ1) is 13.4. The third-order valence-electron chi connectivity index (χ3n) is 4.64. The fourth-order valence-electron chi connectivity index (χ4n) is 3.04. The topological polar surface area (TPSA) is 95.7 Å². The summed E-state index contributed by atoms with van der Waals surface area (Å²) >= 11 is 6.03. The molecule has 0 atom stereocenters. The van der Waals surface area contributed by atoms with Gasteiger partial charge in [0.2, 0.25) is 11.8 Å². The second-order valence-corrected chi connectivity index (χ2v) is 6.91. The number of benzene rings is 2. The number of nitrogens with zero attached hydrogens (tertiary/aromatic N) is 2. The molecule has 1 aliphatic heterocycles. The molecule has 0 aliphatic carbocycles. The Balaban J connectivity index is 1.48. The number of carbonyl (C=O) groups excluding carboxylic acids is 3. The molecule has 2 aromatic rings. The van der Waals surface area contributed by atoms with Gasteiger partial charge in [-0.15, -0.1) is 0 Å². The van der Waals surface area contributed by atoms with Crippen LogP contribution in [-0.2, 0) is 4.79 Å². The van der Waals surface area contributed by atoms with Gasteiger partial charge in [0, 0.05) is 48.0 Å². The van der Waals surface area contributed by atoms with Gasteiger partial charge in [0.15, 0.2) is 0 Å². The molecule has 3 amide bonds. The minimum absolute atomic E-state index is 0.0758. The molecule has 1 heterocycles. The molecule has 1 saturated heterocycles. The Labute approximate surface area is 168 Å². The summed E-state index contributed by atoms with van der Waals surface area (Å²) in [5.74, 6) is -1.06. The van der Waals surface area contributed by atoms with Gasteiger partial charge in [0.05, 0.1) is 6.54 Å². The van der Waals surface area contributed by atoms with Gasteiger partial charge in [0.1, 0.15) is 0 Å². The van der Waals surface area contributed by atoms with Gasteiger partial charge in [-0.25, -0.2) is 0 Å². The standard InChI is InChI=1S/C20H21ClN4O3/c21-16-2-1-3-17(12-16)24-8-10-25(11-9-24)18(26)13-23-20(28)15-6-4-14(5-7-15)19(22)27/h1-7,12H,8-11,13H2,(H2,22,27)(H,23,28). The molecule has 3 N–H and O–H groups in total. The largest absolute Gasteiger partial charge is 0.368 e. The Hall–Kier alpha value is -3.06. The fraction of sp³-hybridized carbons (Fsp3) is 0.250. The average molecular weight is 401 g/mol. The van der Waals surface area contributed by atoms with E-state index >= 15 is 0 Å². The van der Waals surface area contributed by atoms with E-state index in [-0.39, 0.29) is 18.4 Å². The van der Waals surface area contributed by atoms with Crippen LogP contribution in [0.4, 0.5) is 5.69 Å². The Kier molecular flexibility index (Phi) is 6.16. The molecule has 2 aromatic carbocycles. The molecule has 7 nitrogen and oxygen atoms in total. The van der Waals surface area contributed by atoms with Crippen LogP contribution >= 0.6 is 11.6 Å². The van der Waals surface area contributed by atoms with Crippen molar-refractivity contribution in [3.63, 3.8) is 0 Å². The fourth-order valence-corrected chi connectivity index (χ4v) is 3.23. The van der Waals surface area contributed by atoms with Crippen molar-refractivity contribution < 1.29 is 14.4 Å². The summed E-state index contributed by atoms with van der Waals surface area (Å²) in [6.07, 6.45) is 0. The third-order valence-corrected chi connectivity index (χ3v) is 4.87. The highest BCUT2D eigenvalue weighted by molar-refractivity contribution is 6.30. The number of carbonyl (C=O) groups is 3. The SMILES string of the molecule is NC(=O)c1ccc(C(=O)NCC(=O)N2CCN(c3cccc(Cl)c3)CC2)cc1. The monoisotopic (exact) mass is 400 g/mol. The lowest BCUT2D eigenvalue weighted by Crippen LogP contribution is -2.51. The number of primary amides is 1. The van der Waals surface area contributed by atoms with Crippen LogP contribution in [0.3, 0.4) is 0 Å². The van der Waals surface area contributed by atoms with Gasteiger partial charge < -0.3 is 20.9 Å². The lowest BCUT2D eigenvalue weighted by molar-refractivity contribution is -0.130. The van der Waals surface area contributed by atoms with Crippen LogP contribution in [-0.4, -0.2) is 55.3 Å². The van der Waals surface area contributed by atoms with E-state index in [0.717, 1.165) is 5.69 Å². The zero-order valence-electron chi connectivity index (χ0n) is 15.2. The number of amides is 3. The zero-order valence-corrected chi connectivity index (χ0v) is 16.0. The van der Waals surface area contributed by atoms with E-state index in [1.165, 1.54) is 24.3 Å². The molecule has 1 fully saturated rings. The molecule has 0 saturated carbocycles. The Morgan fingerprint density at radius 1 is 0.964 bits per heavy atom. The van der Waals surface area contributed by atoms with Gasteiger partial charge in [-0.2, -0.15) is 0 Å². The molecule has 0 unspecified atom stereocenters. The second kappa shape index (κ2) is 8.75. The van der Waals surface area contributed by atoms with Gasteiger partial charge in [0.25, 0.3) is 5.91 Å². The minimum atomic E-state index is -0.556. The van der Waals surface area contributed by atoms with E-state index in [4.69, 9.17) is 17.3 Å². The number of piperazine rings is 1. The molecule has 8 heteroatoms. The summed E-state index contributed by atoms with van der Waals surface area (Å²) < 4.78 is 0. The molecule has 3 rings (SSSR count). The molecular formula is C20H21ClN4O3. The van der Waals surface area contributed by atoms with Crippen LogP contribution in [0.2, 0.25) is 5.02 Å². The molecule has 0 aromatic heterocycles. The first-order valence-corrected chi connectivity index (χ1v) is 9.28. The van der Waals surface area contributed by atoms with Crippen LogP contribution in [0.25, 0.3) is 0 Å². The van der Waals surface area contributed by atoms with E-state index in [1.54, 1.807) is 4.90 Å². The predicted molar refractivity (Wildman–Crippen MR) is 108 cm³/mol. The lowest BCUT2D eigenvalue weighted by Gasteiger charge is -2.36. The van der Waals surface area contributed by atoms with Crippen molar-refractivity contribution in [2.75, 3.05) is 37.6 Å². The maximum atomic E-state index is 12.4. The summed E-state index contributed by atoms with van der Waals surface area (Å²) in [5.41, 5.74) is 6.90. The Morgan fingerprint density at radius 3 is 2.21 bits per heavy atom. The normalized spacial score (nSPS) is 13.9. The molecule has 0 radical (unpaired) electrons. The van der Waals surface area contributed by atoms with Crippen molar-refractivity contribution >= 4 is 35.0 Å². The van der Waals surface area contributed by atoms with Crippen molar-refractivity contribution in [1.29, 1.82) is 0 Å². The maximum absolute atomic E-state index is 12.4. The first-order valence-electron chi connectivity index (χ1n) is 8.90. The minimum Gasteiger partial charge on any atom is -0.368 e. The number of hydrogen-bond donors (Lipinski definition) is 2. The summed E-state index contributed by atoms with van der Waals surface area (Å²) in [6, 6.07) is 13.6. The van der Waals surface area contributed by atoms with Crippen LogP contribution in [0.1, 0.15) is 20.7 Å². The van der Waals surface area contributed by atoms with Crippen molar-refractivity contribution in [3.8, 4) is 0 Å². The van der Waals surface area contributed by atoms with E-state index in [9.17, 15) is 14.4 Å². The summed E-state index contributed by atoms with van der Waals surface area (Å²) in [4.78, 5) is 39.5. The Morgan fingerprint density at radius 2 is 1.61 bits per heavy atom. The number of nitrogens with two attached hydrogens (primary N) is 1. The Bertz CT molecular complexity index is 877. The van der Waals surface area contributed by atoms with E-state index in [2.05, 4.69) is 10.2 Å². The van der Waals surface area contributed by atoms with Gasteiger partial charge in [-0.05, 0) is 42.5 Å². The quantitative estimate of drug-likeness (QED) is 0.795. The molecule has 0 bridgehead atoms. The van der Waals surface area contributed by atoms with Crippen LogP contribution < -0.4 is 16.0 Å². The van der Waals surface area contributed by atoms with E-state index < -0.39 is 5.91 Å². The second-order valence-electron chi connectivity index (χ2n) is 6.47. The first kappa shape index (κ1) is 19.7. The van der Waals surface area contributed by atoms with E-state index in [1.807, 2.05) is 24.3 Å². The average Bonchev–Trinajstić information content (AvgIpc) is 2.72. The van der Waals surface area contributed by atoms with Crippen molar-refractivity contribution in [2.45, 2.75) is 0 Å². The molecule has 1 aliphatic rings. The van der Waals surface area contributed by atoms with Crippen LogP contribution in [0.5, 0.6) is 0 Å². The van der Waals surface area contributed by atoms with Crippen molar-refractivity contribution in [3.05, 3.63) is 64.7 Å². The maximum Gasteiger partial charge on any atom is 0.251 e. The van der Waals surface area contributed by atoms with E-state index in [0.29, 0.717) is 42.3 Å². The van der Waals surface area contributed by atoms with Crippen molar-refractivity contribution in [1.82, 2.24) is 10.2 Å². The van der Waals surface area contributed by atoms with Gasteiger partial charge in [-0.3, -0.25) is 14.4 Å². The summed E-state index contributed by atoms with van der Waals surface area (Å²) in [5, 5.41) is 3.30. The summed E-state index contributed by atoms with van der Waals surface area (Å²) in [7, 11) is 0. The summed E-state index contributed by atoms with van der Waals surface area (Å²) in [6.45, 7) is 2.49. The zero-order chi connectivity index (χ0) is 20.1. The molecule has 146 valence electrons. The predicted octanol–water partition coefficient (Wildman–Crippen LogP) is 1.52. The van der Waals surface area contributed by atoms with Crippen LogP contribution in [0, 0.1) is 0 Å². The van der Waals surface area contributed by atoms with Gasteiger partial charge >= 0.3 is 0 Å². The number of rotatable bonds is 5. The molecular weight excluding hydrogens is 380 g/mol. The number of nitrogens with one attached hydrogen (secondary N) is 1. The third kappa shape index (κ3) is 4.80. The smallest absolute Gasteiger partial charge is 0.251 e. The lowest BCUT2D eigenvalue weighted by atomic mass is 10.1. The number of halogens is 1. The molecule has 28 heavy (non-hydrogen) atoms. The highest BCUT2D eigenvalue weighted by Gasteiger charge is 2.21. The number of anilines is 1. The van der Waals surface area contributed by atoms with Gasteiger partial charge in [-0.1, -0.05) is 17.7 Å². The molecule has 0 spiro atoms. The van der Waals surface area contributed by atoms with Crippen LogP contribution in [0.15, 0.2) is 48.5 Å². The highest BCUT2D eigenvalue weighted by atomic mass is 35.5. The van der Waals surface area contributed by atoms with Crippen molar-refractivity contribution in [2.24, 2.45) is 5.73 Å². The number of hydrogen-bond acceptors (Lipinski definition) is 4.